The lowest BCUT2D eigenvalue weighted by molar-refractivity contribution is -0.142. The zero-order chi connectivity index (χ0) is 30.6. The van der Waals surface area contributed by atoms with Gasteiger partial charge in [-0.05, 0) is 32.1 Å². The molecule has 0 rings (SSSR count). The number of ether oxygens (including phenoxy) is 3. The van der Waals surface area contributed by atoms with E-state index in [4.69, 9.17) is 24.4 Å². The van der Waals surface area contributed by atoms with Gasteiger partial charge in [-0.3, -0.25) is 24.0 Å². The first-order valence-electron chi connectivity index (χ1n) is 14.1. The molecule has 0 aliphatic rings. The van der Waals surface area contributed by atoms with Crippen molar-refractivity contribution in [1.29, 1.82) is 0 Å². The van der Waals surface area contributed by atoms with Crippen molar-refractivity contribution < 1.29 is 53.2 Å². The highest BCUT2D eigenvalue weighted by atomic mass is 16.5. The Morgan fingerprint density at radius 1 is 0.610 bits per heavy atom. The molecule has 235 valence electrons. The van der Waals surface area contributed by atoms with Gasteiger partial charge in [0.25, 0.3) is 0 Å². The van der Waals surface area contributed by atoms with E-state index in [0.717, 1.165) is 19.3 Å². The number of carboxylic acids is 2. The Morgan fingerprint density at radius 3 is 1.61 bits per heavy atom. The number of hydrogen-bond donors (Lipinski definition) is 5. The summed E-state index contributed by atoms with van der Waals surface area (Å²) in [6.07, 6.45) is 6.14. The zero-order valence-corrected chi connectivity index (χ0v) is 23.8. The van der Waals surface area contributed by atoms with E-state index in [2.05, 4.69) is 16.0 Å². The maximum Gasteiger partial charge on any atom is 0.326 e. The highest BCUT2D eigenvalue weighted by molar-refractivity contribution is 5.87. The standard InChI is InChI=1S/C27H46N3O11/c31-15-5-8-22(27(37)38)30-25(34)12-11-24(33)29-14-7-17-40-19-21-41-20-18-39-16-6-13-28-23(32)9-3-1-2-4-10-26(35)36/h22H,1-14,16-21H2,(H,28,32)(H,29,33)(H,30,34)(H,35,36)(H,37,38)/t22-/m0/s1. The minimum absolute atomic E-state index is 0.00554. The highest BCUT2D eigenvalue weighted by Crippen LogP contribution is 2.05. The van der Waals surface area contributed by atoms with Crippen molar-refractivity contribution in [3.8, 4) is 0 Å². The highest BCUT2D eigenvalue weighted by Gasteiger charge is 2.19. The lowest BCUT2D eigenvalue weighted by Crippen LogP contribution is -2.41. The summed E-state index contributed by atoms with van der Waals surface area (Å²) in [7, 11) is 0. The van der Waals surface area contributed by atoms with Crippen LogP contribution in [0.2, 0.25) is 0 Å². The Kier molecular flexibility index (Phi) is 25.0. The Hall–Kier alpha value is -3.10. The second-order valence-corrected chi connectivity index (χ2v) is 9.19. The van der Waals surface area contributed by atoms with Gasteiger partial charge in [-0.15, -0.1) is 0 Å². The van der Waals surface area contributed by atoms with Crippen LogP contribution in [0.4, 0.5) is 0 Å². The van der Waals surface area contributed by atoms with Crippen LogP contribution in [0, 0.1) is 0 Å². The second-order valence-electron chi connectivity index (χ2n) is 9.19. The van der Waals surface area contributed by atoms with Crippen molar-refractivity contribution in [2.75, 3.05) is 52.7 Å². The molecule has 3 amide bonds. The van der Waals surface area contributed by atoms with Crippen LogP contribution in [0.5, 0.6) is 0 Å². The molecule has 0 aromatic carbocycles. The minimum atomic E-state index is -1.25. The molecule has 14 nitrogen and oxygen atoms in total. The summed E-state index contributed by atoms with van der Waals surface area (Å²) in [4.78, 5) is 67.0. The van der Waals surface area contributed by atoms with Crippen LogP contribution in [0.3, 0.4) is 0 Å². The van der Waals surface area contributed by atoms with Crippen LogP contribution in [0.25, 0.3) is 0 Å². The molecule has 1 atom stereocenters. The molecule has 41 heavy (non-hydrogen) atoms. The molecule has 0 aromatic heterocycles. The second kappa shape index (κ2) is 27.1. The van der Waals surface area contributed by atoms with E-state index < -0.39 is 23.9 Å². The molecule has 14 heteroatoms. The predicted molar refractivity (Wildman–Crippen MR) is 147 cm³/mol. The summed E-state index contributed by atoms with van der Waals surface area (Å²) in [5, 5.41) is 25.4. The molecule has 0 aromatic rings. The van der Waals surface area contributed by atoms with Gasteiger partial charge < -0.3 is 40.4 Å². The van der Waals surface area contributed by atoms with E-state index in [-0.39, 0.29) is 43.9 Å². The van der Waals surface area contributed by atoms with Gasteiger partial charge in [0, 0.05) is 58.4 Å². The summed E-state index contributed by atoms with van der Waals surface area (Å²) >= 11 is 0. The first kappa shape index (κ1) is 37.9. The number of unbranched alkanes of at least 4 members (excludes halogenated alkanes) is 3. The van der Waals surface area contributed by atoms with Crippen molar-refractivity contribution in [2.24, 2.45) is 0 Å². The first-order valence-corrected chi connectivity index (χ1v) is 14.1. The quantitative estimate of drug-likeness (QED) is 0.0769. The van der Waals surface area contributed by atoms with E-state index in [1.165, 1.54) is 0 Å². The van der Waals surface area contributed by atoms with E-state index in [1.807, 2.05) is 0 Å². The Labute approximate surface area is 241 Å². The Balaban J connectivity index is 3.44. The van der Waals surface area contributed by atoms with Crippen LogP contribution in [0.15, 0.2) is 0 Å². The number of carbonyl (C=O) groups is 5. The normalized spacial score (nSPS) is 11.4. The van der Waals surface area contributed by atoms with E-state index in [9.17, 15) is 28.8 Å². The minimum Gasteiger partial charge on any atom is -0.481 e. The third kappa shape index (κ3) is 26.9. The maximum absolute atomic E-state index is 11.8. The molecular weight excluding hydrogens is 542 g/mol. The van der Waals surface area contributed by atoms with Gasteiger partial charge in [0.15, 0.2) is 6.29 Å². The van der Waals surface area contributed by atoms with Gasteiger partial charge in [-0.25, -0.2) is 4.79 Å². The van der Waals surface area contributed by atoms with Gasteiger partial charge in [-0.2, -0.15) is 0 Å². The van der Waals surface area contributed by atoms with Crippen LogP contribution < -0.4 is 16.0 Å². The third-order valence-electron chi connectivity index (χ3n) is 5.61. The van der Waals surface area contributed by atoms with Crippen molar-refractivity contribution in [3.63, 3.8) is 0 Å². The van der Waals surface area contributed by atoms with Gasteiger partial charge in [-0.1, -0.05) is 12.8 Å². The monoisotopic (exact) mass is 588 g/mol. The number of hydrogen-bond acceptors (Lipinski definition) is 9. The van der Waals surface area contributed by atoms with Crippen LogP contribution in [-0.2, 0) is 43.0 Å². The lowest BCUT2D eigenvalue weighted by atomic mass is 10.1. The van der Waals surface area contributed by atoms with Crippen LogP contribution in [0.1, 0.15) is 77.0 Å². The molecule has 0 aliphatic carbocycles. The molecule has 0 saturated carbocycles. The molecule has 0 spiro atoms. The molecule has 1 radical (unpaired) electrons. The molecule has 0 fully saturated rings. The number of carbonyl (C=O) groups excluding carboxylic acids is 4. The summed E-state index contributed by atoms with van der Waals surface area (Å²) in [5.74, 6) is -2.95. The number of aliphatic carboxylic acids is 2. The summed E-state index contributed by atoms with van der Waals surface area (Å²) in [6, 6.07) is -1.18. The number of rotatable bonds is 29. The van der Waals surface area contributed by atoms with E-state index >= 15 is 0 Å². The van der Waals surface area contributed by atoms with E-state index in [0.29, 0.717) is 78.4 Å². The summed E-state index contributed by atoms with van der Waals surface area (Å²) in [6.45, 7) is 3.49. The van der Waals surface area contributed by atoms with Crippen molar-refractivity contribution >= 4 is 35.9 Å². The Morgan fingerprint density at radius 2 is 1.10 bits per heavy atom. The summed E-state index contributed by atoms with van der Waals surface area (Å²) in [5.41, 5.74) is 0. The average Bonchev–Trinajstić information content (AvgIpc) is 2.93. The van der Waals surface area contributed by atoms with Gasteiger partial charge in [0.2, 0.25) is 17.7 Å². The molecule has 0 aliphatic heterocycles. The molecule has 0 unspecified atom stereocenters. The molecular formula is C27H46N3O11. The van der Waals surface area contributed by atoms with Crippen molar-refractivity contribution in [2.45, 2.75) is 83.1 Å². The predicted octanol–water partition coefficient (Wildman–Crippen LogP) is 0.714. The average molecular weight is 589 g/mol. The van der Waals surface area contributed by atoms with Crippen LogP contribution >= 0.6 is 0 Å². The third-order valence-corrected chi connectivity index (χ3v) is 5.61. The topological polar surface area (TPSA) is 207 Å². The maximum atomic E-state index is 11.8. The molecule has 0 heterocycles. The van der Waals surface area contributed by atoms with Gasteiger partial charge in [0.05, 0.1) is 26.4 Å². The fourth-order valence-electron chi connectivity index (χ4n) is 3.39. The van der Waals surface area contributed by atoms with Gasteiger partial charge in [0.1, 0.15) is 6.04 Å². The molecule has 0 saturated heterocycles. The van der Waals surface area contributed by atoms with Crippen molar-refractivity contribution in [3.05, 3.63) is 0 Å². The lowest BCUT2D eigenvalue weighted by Gasteiger charge is -2.13. The molecule has 0 bridgehead atoms. The van der Waals surface area contributed by atoms with Crippen molar-refractivity contribution in [1.82, 2.24) is 16.0 Å². The number of carboxylic acid groups (broad SMARTS) is 2. The summed E-state index contributed by atoms with van der Waals surface area (Å²) < 4.78 is 16.3. The molecule has 5 N–H and O–H groups in total. The van der Waals surface area contributed by atoms with E-state index in [1.54, 1.807) is 6.29 Å². The Bertz CT molecular complexity index is 765. The smallest absolute Gasteiger partial charge is 0.326 e. The fourth-order valence-corrected chi connectivity index (χ4v) is 3.39. The van der Waals surface area contributed by atoms with Gasteiger partial charge >= 0.3 is 11.9 Å². The number of amides is 3. The fraction of sp³-hybridized carbons (Fsp3) is 0.778. The zero-order valence-electron chi connectivity index (χ0n) is 23.8. The van der Waals surface area contributed by atoms with Crippen LogP contribution in [-0.4, -0.2) is 105 Å². The number of nitrogens with one attached hydrogen (secondary N) is 3. The first-order chi connectivity index (χ1) is 19.8. The largest absolute Gasteiger partial charge is 0.481 e. The SMILES string of the molecule is O=[C]CC[C@H](NC(=O)CCC(=O)NCCCOCCOCCOCCCNC(=O)CCCCCCC(=O)O)C(=O)O.